The molecule has 2 aromatic carbocycles. The van der Waals surface area contributed by atoms with Crippen LogP contribution in [0.4, 0.5) is 5.69 Å². The number of hydrogen-bond donors (Lipinski definition) is 0. The van der Waals surface area contributed by atoms with Gasteiger partial charge in [0.05, 0.1) is 16.8 Å². The second kappa shape index (κ2) is 7.04. The number of hydrogen-bond acceptors (Lipinski definition) is 2. The van der Waals surface area contributed by atoms with E-state index in [2.05, 4.69) is 36.1 Å². The number of carbonyl (C=O) groups excluding carboxylic acids is 1. The monoisotopic (exact) mass is 362 g/mol. The number of amides is 1. The third-order valence-electron chi connectivity index (χ3n) is 4.51. The van der Waals surface area contributed by atoms with Gasteiger partial charge in [0.1, 0.15) is 0 Å². The molecular formula is C19H20Cl2N2O. The second-order valence-electron chi connectivity index (χ2n) is 6.18. The van der Waals surface area contributed by atoms with E-state index in [4.69, 9.17) is 23.2 Å². The summed E-state index contributed by atoms with van der Waals surface area (Å²) in [5.74, 6) is 0.106. The number of carbonyl (C=O) groups is 1. The molecule has 0 saturated carbocycles. The van der Waals surface area contributed by atoms with Crippen molar-refractivity contribution in [1.82, 2.24) is 4.90 Å². The highest BCUT2D eigenvalue weighted by Gasteiger charge is 2.30. The van der Waals surface area contributed by atoms with Crippen LogP contribution >= 0.6 is 23.2 Å². The molecule has 3 rings (SSSR count). The quantitative estimate of drug-likeness (QED) is 0.771. The molecule has 1 atom stereocenters. The predicted molar refractivity (Wildman–Crippen MR) is 100.0 cm³/mol. The molecule has 1 amide bonds. The van der Waals surface area contributed by atoms with E-state index >= 15 is 0 Å². The van der Waals surface area contributed by atoms with Gasteiger partial charge in [-0.2, -0.15) is 0 Å². The first-order valence-electron chi connectivity index (χ1n) is 7.99. The Kier molecular flexibility index (Phi) is 5.02. The Balaban J connectivity index is 1.99. The van der Waals surface area contributed by atoms with Crippen LogP contribution in [0.3, 0.4) is 0 Å². The molecule has 24 heavy (non-hydrogen) atoms. The van der Waals surface area contributed by atoms with E-state index in [9.17, 15) is 4.79 Å². The number of nitrogens with zero attached hydrogens (tertiary/aromatic N) is 2. The average molecular weight is 363 g/mol. The van der Waals surface area contributed by atoms with Crippen LogP contribution in [0.1, 0.15) is 24.1 Å². The van der Waals surface area contributed by atoms with Gasteiger partial charge in [-0.15, -0.1) is 0 Å². The van der Waals surface area contributed by atoms with E-state index in [0.29, 0.717) is 23.1 Å². The van der Waals surface area contributed by atoms with Crippen molar-refractivity contribution in [1.29, 1.82) is 0 Å². The lowest BCUT2D eigenvalue weighted by Crippen LogP contribution is -2.50. The van der Waals surface area contributed by atoms with Crippen molar-refractivity contribution in [3.8, 4) is 0 Å². The third-order valence-corrected chi connectivity index (χ3v) is 5.04. The Morgan fingerprint density at radius 3 is 2.42 bits per heavy atom. The zero-order valence-corrected chi connectivity index (χ0v) is 15.3. The first-order chi connectivity index (χ1) is 11.5. The molecule has 1 unspecified atom stereocenters. The van der Waals surface area contributed by atoms with Crippen molar-refractivity contribution in [2.75, 3.05) is 24.5 Å². The van der Waals surface area contributed by atoms with Gasteiger partial charge >= 0.3 is 0 Å². The highest BCUT2D eigenvalue weighted by Crippen LogP contribution is 2.36. The zero-order chi connectivity index (χ0) is 17.3. The molecule has 1 fully saturated rings. The molecule has 3 nitrogen and oxygen atoms in total. The molecule has 1 heterocycles. The van der Waals surface area contributed by atoms with Crippen LogP contribution in [-0.2, 0) is 4.79 Å². The van der Waals surface area contributed by atoms with E-state index < -0.39 is 0 Å². The van der Waals surface area contributed by atoms with Crippen molar-refractivity contribution in [2.45, 2.75) is 19.9 Å². The zero-order valence-electron chi connectivity index (χ0n) is 13.8. The number of benzene rings is 2. The Hall–Kier alpha value is -1.71. The molecule has 0 N–H and O–H groups in total. The number of aryl methyl sites for hydroxylation is 1. The fourth-order valence-electron chi connectivity index (χ4n) is 3.15. The van der Waals surface area contributed by atoms with Crippen LogP contribution in [-0.4, -0.2) is 30.4 Å². The van der Waals surface area contributed by atoms with Gasteiger partial charge in [-0.1, -0.05) is 53.0 Å². The van der Waals surface area contributed by atoms with Crippen LogP contribution in [0.15, 0.2) is 42.5 Å². The summed E-state index contributed by atoms with van der Waals surface area (Å²) in [6, 6.07) is 14.1. The molecule has 1 saturated heterocycles. The van der Waals surface area contributed by atoms with Gasteiger partial charge in [-0.25, -0.2) is 0 Å². The summed E-state index contributed by atoms with van der Waals surface area (Å²) < 4.78 is 0. The highest BCUT2D eigenvalue weighted by molar-refractivity contribution is 6.36. The fourth-order valence-corrected chi connectivity index (χ4v) is 3.66. The van der Waals surface area contributed by atoms with Gasteiger partial charge in [0.25, 0.3) is 0 Å². The number of anilines is 1. The molecule has 0 aliphatic carbocycles. The van der Waals surface area contributed by atoms with Crippen LogP contribution < -0.4 is 4.90 Å². The molecule has 1 aliphatic heterocycles. The van der Waals surface area contributed by atoms with Gasteiger partial charge in [-0.3, -0.25) is 4.79 Å². The summed E-state index contributed by atoms with van der Waals surface area (Å²) in [5.41, 5.74) is 3.35. The Morgan fingerprint density at radius 2 is 1.79 bits per heavy atom. The number of rotatable bonds is 2. The normalized spacial score (nSPS) is 17.9. The predicted octanol–water partition coefficient (Wildman–Crippen LogP) is 4.71. The standard InChI is InChI=1S/C19H20Cl2N2O/c1-13-3-5-15(6-4-13)19-12-22(14(2)24)9-10-23(19)18-8-7-16(20)11-17(18)21/h3-8,11,19H,9-10,12H2,1-2H3. The molecule has 5 heteroatoms. The minimum absolute atomic E-state index is 0.0712. The highest BCUT2D eigenvalue weighted by atomic mass is 35.5. The van der Waals surface area contributed by atoms with E-state index in [-0.39, 0.29) is 11.9 Å². The first-order valence-corrected chi connectivity index (χ1v) is 8.75. The maximum atomic E-state index is 11.8. The third kappa shape index (κ3) is 3.52. The minimum Gasteiger partial charge on any atom is -0.360 e. The summed E-state index contributed by atoms with van der Waals surface area (Å²) >= 11 is 12.5. The lowest BCUT2D eigenvalue weighted by atomic mass is 10.00. The SMILES string of the molecule is CC(=O)N1CCN(c2ccc(Cl)cc2Cl)C(c2ccc(C)cc2)C1. The number of piperazine rings is 1. The first kappa shape index (κ1) is 17.1. The molecule has 0 bridgehead atoms. The molecule has 0 spiro atoms. The smallest absolute Gasteiger partial charge is 0.219 e. The van der Waals surface area contributed by atoms with Crippen LogP contribution in [0.25, 0.3) is 0 Å². The lowest BCUT2D eigenvalue weighted by molar-refractivity contribution is -0.129. The lowest BCUT2D eigenvalue weighted by Gasteiger charge is -2.43. The Morgan fingerprint density at radius 1 is 1.08 bits per heavy atom. The van der Waals surface area contributed by atoms with Crippen LogP contribution in [0, 0.1) is 6.92 Å². The van der Waals surface area contributed by atoms with Gasteiger partial charge in [0.2, 0.25) is 5.91 Å². The van der Waals surface area contributed by atoms with E-state index in [1.54, 1.807) is 13.0 Å². The van der Waals surface area contributed by atoms with Gasteiger partial charge in [-0.05, 0) is 30.7 Å². The maximum Gasteiger partial charge on any atom is 0.219 e. The summed E-state index contributed by atoms with van der Waals surface area (Å²) in [6.07, 6.45) is 0. The summed E-state index contributed by atoms with van der Waals surface area (Å²) in [4.78, 5) is 16.0. The largest absolute Gasteiger partial charge is 0.360 e. The molecule has 0 aromatic heterocycles. The second-order valence-corrected chi connectivity index (χ2v) is 7.02. The molecular weight excluding hydrogens is 343 g/mol. The van der Waals surface area contributed by atoms with Crippen molar-refractivity contribution < 1.29 is 4.79 Å². The molecule has 1 aliphatic rings. The van der Waals surface area contributed by atoms with E-state index in [0.717, 1.165) is 12.2 Å². The number of halogens is 2. The van der Waals surface area contributed by atoms with E-state index in [1.807, 2.05) is 17.0 Å². The van der Waals surface area contributed by atoms with Crippen LogP contribution in [0.2, 0.25) is 10.0 Å². The van der Waals surface area contributed by atoms with Gasteiger partial charge in [0.15, 0.2) is 0 Å². The van der Waals surface area contributed by atoms with Gasteiger partial charge in [0, 0.05) is 31.6 Å². The summed E-state index contributed by atoms with van der Waals surface area (Å²) in [5, 5.41) is 1.26. The topological polar surface area (TPSA) is 23.6 Å². The Bertz CT molecular complexity index is 746. The van der Waals surface area contributed by atoms with Crippen molar-refractivity contribution >= 4 is 34.8 Å². The van der Waals surface area contributed by atoms with Crippen molar-refractivity contribution in [2.24, 2.45) is 0 Å². The molecule has 0 radical (unpaired) electrons. The van der Waals surface area contributed by atoms with Gasteiger partial charge < -0.3 is 9.80 Å². The summed E-state index contributed by atoms with van der Waals surface area (Å²) in [7, 11) is 0. The molecule has 2 aromatic rings. The average Bonchev–Trinajstić information content (AvgIpc) is 2.55. The summed E-state index contributed by atoms with van der Waals surface area (Å²) in [6.45, 7) is 5.77. The molecule has 126 valence electrons. The minimum atomic E-state index is 0.0712. The Labute approximate surface area is 152 Å². The maximum absolute atomic E-state index is 11.8. The van der Waals surface area contributed by atoms with E-state index in [1.165, 1.54) is 11.1 Å². The van der Waals surface area contributed by atoms with Crippen molar-refractivity contribution in [3.05, 3.63) is 63.6 Å². The van der Waals surface area contributed by atoms with Crippen LogP contribution in [0.5, 0.6) is 0 Å². The fraction of sp³-hybridized carbons (Fsp3) is 0.316. The van der Waals surface area contributed by atoms with Crippen molar-refractivity contribution in [3.63, 3.8) is 0 Å².